The SMILES string of the molecule is CC(=O)[C@]12OC(C)(C)O[C@@H]1C[C@H]1[C@@H]3CCC4=CC(=O)C=C[C@]4(C)C3=CC[C@@]12C. The fraction of sp³-hybridized carbons (Fsp3) is 0.667. The molecule has 0 aromatic carbocycles. The number of hydrogen-bond acceptors (Lipinski definition) is 4. The molecule has 1 aliphatic heterocycles. The highest BCUT2D eigenvalue weighted by Crippen LogP contribution is 2.68. The van der Waals surface area contributed by atoms with E-state index < -0.39 is 11.4 Å². The van der Waals surface area contributed by atoms with E-state index in [9.17, 15) is 9.59 Å². The van der Waals surface area contributed by atoms with Gasteiger partial charge in [0.1, 0.15) is 0 Å². The maximum Gasteiger partial charge on any atom is 0.178 e. The highest BCUT2D eigenvalue weighted by molar-refractivity contribution is 6.01. The highest BCUT2D eigenvalue weighted by Gasteiger charge is 2.74. The quantitative estimate of drug-likeness (QED) is 0.635. The van der Waals surface area contributed by atoms with E-state index in [1.165, 1.54) is 11.1 Å². The van der Waals surface area contributed by atoms with Gasteiger partial charge in [0.2, 0.25) is 0 Å². The molecule has 4 heteroatoms. The van der Waals surface area contributed by atoms with Crippen molar-refractivity contribution in [1.29, 1.82) is 0 Å². The molecule has 2 saturated carbocycles. The lowest BCUT2D eigenvalue weighted by Gasteiger charge is -2.54. The van der Waals surface area contributed by atoms with E-state index in [1.54, 1.807) is 13.0 Å². The Morgan fingerprint density at radius 3 is 2.68 bits per heavy atom. The van der Waals surface area contributed by atoms with Crippen LogP contribution in [0.1, 0.15) is 60.3 Å². The van der Waals surface area contributed by atoms with Crippen molar-refractivity contribution in [3.63, 3.8) is 0 Å². The molecular formula is C24H30O4. The Kier molecular flexibility index (Phi) is 3.53. The molecule has 28 heavy (non-hydrogen) atoms. The zero-order chi connectivity index (χ0) is 20.1. The molecule has 1 saturated heterocycles. The lowest BCUT2D eigenvalue weighted by Crippen LogP contribution is -2.57. The van der Waals surface area contributed by atoms with Crippen LogP contribution in [0.25, 0.3) is 0 Å². The zero-order valence-electron chi connectivity index (χ0n) is 17.5. The van der Waals surface area contributed by atoms with Crippen molar-refractivity contribution < 1.29 is 19.1 Å². The molecule has 0 aromatic rings. The smallest absolute Gasteiger partial charge is 0.178 e. The molecule has 4 aliphatic carbocycles. The lowest BCUT2D eigenvalue weighted by atomic mass is 9.51. The maximum absolute atomic E-state index is 13.0. The van der Waals surface area contributed by atoms with Crippen molar-refractivity contribution in [2.45, 2.75) is 77.8 Å². The van der Waals surface area contributed by atoms with Crippen molar-refractivity contribution >= 4 is 11.6 Å². The zero-order valence-corrected chi connectivity index (χ0v) is 17.5. The van der Waals surface area contributed by atoms with Gasteiger partial charge in [-0.15, -0.1) is 0 Å². The second-order valence-electron chi connectivity index (χ2n) is 10.3. The number of carbonyl (C=O) groups excluding carboxylic acids is 2. The van der Waals surface area contributed by atoms with Crippen molar-refractivity contribution in [3.05, 3.63) is 35.5 Å². The van der Waals surface area contributed by atoms with Crippen LogP contribution in [0.2, 0.25) is 0 Å². The van der Waals surface area contributed by atoms with Crippen molar-refractivity contribution in [3.8, 4) is 0 Å². The first-order chi connectivity index (χ1) is 13.0. The van der Waals surface area contributed by atoms with Crippen LogP contribution in [0.3, 0.4) is 0 Å². The third-order valence-electron chi connectivity index (χ3n) is 8.46. The van der Waals surface area contributed by atoms with Crippen LogP contribution in [0, 0.1) is 22.7 Å². The monoisotopic (exact) mass is 382 g/mol. The minimum atomic E-state index is -0.863. The molecule has 1 heterocycles. The van der Waals surface area contributed by atoms with Gasteiger partial charge in [0.25, 0.3) is 0 Å². The van der Waals surface area contributed by atoms with Gasteiger partial charge in [-0.2, -0.15) is 0 Å². The van der Waals surface area contributed by atoms with E-state index in [1.807, 2.05) is 19.9 Å². The molecule has 5 aliphatic rings. The summed E-state index contributed by atoms with van der Waals surface area (Å²) < 4.78 is 12.7. The van der Waals surface area contributed by atoms with E-state index in [4.69, 9.17) is 9.47 Å². The van der Waals surface area contributed by atoms with Crippen LogP contribution < -0.4 is 0 Å². The van der Waals surface area contributed by atoms with Crippen LogP contribution in [0.15, 0.2) is 35.5 Å². The van der Waals surface area contributed by atoms with Gasteiger partial charge in [-0.3, -0.25) is 9.59 Å². The molecule has 5 rings (SSSR count). The molecule has 0 aromatic heterocycles. The van der Waals surface area contributed by atoms with Crippen LogP contribution in [-0.4, -0.2) is 29.1 Å². The Morgan fingerprint density at radius 1 is 1.21 bits per heavy atom. The summed E-state index contributed by atoms with van der Waals surface area (Å²) in [7, 11) is 0. The third-order valence-corrected chi connectivity index (χ3v) is 8.46. The average Bonchev–Trinajstić information content (AvgIpc) is 3.02. The Morgan fingerprint density at radius 2 is 1.96 bits per heavy atom. The fourth-order valence-electron chi connectivity index (χ4n) is 7.27. The van der Waals surface area contributed by atoms with Crippen molar-refractivity contribution in [1.82, 2.24) is 0 Å². The second-order valence-corrected chi connectivity index (χ2v) is 10.3. The minimum Gasteiger partial charge on any atom is -0.344 e. The maximum atomic E-state index is 13.0. The molecule has 0 N–H and O–H groups in total. The normalized spacial score (nSPS) is 48.2. The molecule has 0 amide bonds. The van der Waals surface area contributed by atoms with Crippen LogP contribution in [0.5, 0.6) is 0 Å². The van der Waals surface area contributed by atoms with E-state index in [-0.39, 0.29) is 28.5 Å². The number of carbonyl (C=O) groups is 2. The van der Waals surface area contributed by atoms with Crippen molar-refractivity contribution in [2.24, 2.45) is 22.7 Å². The summed E-state index contributed by atoms with van der Waals surface area (Å²) in [6.45, 7) is 9.99. The molecular weight excluding hydrogens is 352 g/mol. The largest absolute Gasteiger partial charge is 0.344 e. The van der Waals surface area contributed by atoms with Gasteiger partial charge in [0.15, 0.2) is 23.0 Å². The number of fused-ring (bicyclic) bond motifs is 7. The first-order valence-electron chi connectivity index (χ1n) is 10.6. The standard InChI is InChI=1S/C24H30O4/c1-14(25)24-20(27-21(2,3)28-24)13-19-17-7-6-15-12-16(26)8-10-22(15,4)18(17)9-11-23(19,24)5/h8-10,12,17,19-20H,6-7,11,13H2,1-5H3/t17-,19+,20-,22+,23+,24+/m1/s1. The number of ether oxygens (including phenoxy) is 2. The predicted molar refractivity (Wildman–Crippen MR) is 105 cm³/mol. The number of ketones is 2. The molecule has 3 fully saturated rings. The van der Waals surface area contributed by atoms with Gasteiger partial charge in [-0.25, -0.2) is 0 Å². The number of allylic oxidation sites excluding steroid dienone is 6. The molecule has 0 unspecified atom stereocenters. The summed E-state index contributed by atoms with van der Waals surface area (Å²) in [4.78, 5) is 24.9. The van der Waals surface area contributed by atoms with Crippen LogP contribution in [-0.2, 0) is 19.1 Å². The predicted octanol–water partition coefficient (Wildman–Crippen LogP) is 4.30. The van der Waals surface area contributed by atoms with Crippen LogP contribution in [0.4, 0.5) is 0 Å². The number of hydrogen-bond donors (Lipinski definition) is 0. The topological polar surface area (TPSA) is 52.6 Å². The summed E-state index contributed by atoms with van der Waals surface area (Å²) in [5.41, 5.74) is 1.36. The van der Waals surface area contributed by atoms with Crippen molar-refractivity contribution in [2.75, 3.05) is 0 Å². The van der Waals surface area contributed by atoms with E-state index >= 15 is 0 Å². The molecule has 0 bridgehead atoms. The fourth-order valence-corrected chi connectivity index (χ4v) is 7.27. The Labute approximate surface area is 167 Å². The van der Waals surface area contributed by atoms with Gasteiger partial charge < -0.3 is 9.47 Å². The summed E-state index contributed by atoms with van der Waals surface area (Å²) in [6, 6.07) is 0. The lowest BCUT2D eigenvalue weighted by molar-refractivity contribution is -0.203. The van der Waals surface area contributed by atoms with Gasteiger partial charge in [-0.1, -0.05) is 30.2 Å². The number of rotatable bonds is 1. The highest BCUT2D eigenvalue weighted by atomic mass is 16.8. The van der Waals surface area contributed by atoms with E-state index in [2.05, 4.69) is 26.0 Å². The Hall–Kier alpha value is -1.52. The second kappa shape index (κ2) is 5.34. The first-order valence-corrected chi connectivity index (χ1v) is 10.6. The van der Waals surface area contributed by atoms with E-state index in [0.29, 0.717) is 11.8 Å². The Bertz CT molecular complexity index is 877. The first kappa shape index (κ1) is 18.5. The van der Waals surface area contributed by atoms with Gasteiger partial charge in [-0.05, 0) is 77.4 Å². The summed E-state index contributed by atoms with van der Waals surface area (Å²) in [5.74, 6) is 0.213. The summed E-state index contributed by atoms with van der Waals surface area (Å²) in [5, 5.41) is 0. The van der Waals surface area contributed by atoms with Crippen LogP contribution >= 0.6 is 0 Å². The molecule has 0 spiro atoms. The molecule has 150 valence electrons. The average molecular weight is 383 g/mol. The van der Waals surface area contributed by atoms with Gasteiger partial charge >= 0.3 is 0 Å². The summed E-state index contributed by atoms with van der Waals surface area (Å²) >= 11 is 0. The molecule has 0 radical (unpaired) electrons. The van der Waals surface area contributed by atoms with Gasteiger partial charge in [0, 0.05) is 10.8 Å². The summed E-state index contributed by atoms with van der Waals surface area (Å²) in [6.07, 6.45) is 11.5. The Balaban J connectivity index is 1.61. The number of Topliss-reactive ketones (excluding diaryl/α,β-unsaturated/α-hetero) is 1. The molecule has 6 atom stereocenters. The molecule has 4 nitrogen and oxygen atoms in total. The third kappa shape index (κ3) is 2.03. The minimum absolute atomic E-state index is 0.0932. The van der Waals surface area contributed by atoms with E-state index in [0.717, 1.165) is 25.7 Å². The van der Waals surface area contributed by atoms with Gasteiger partial charge in [0.05, 0.1) is 6.10 Å².